The van der Waals surface area contributed by atoms with Gasteiger partial charge in [-0.25, -0.2) is 0 Å². The molecule has 1 aliphatic heterocycles. The summed E-state index contributed by atoms with van der Waals surface area (Å²) in [6, 6.07) is 7.88. The number of phenolic OH excluding ortho intramolecular Hbond substituents is 2. The summed E-state index contributed by atoms with van der Waals surface area (Å²) in [7, 11) is 2.03. The first-order chi connectivity index (χ1) is 12.9. The van der Waals surface area contributed by atoms with Crippen LogP contribution in [0.5, 0.6) is 11.5 Å². The fourth-order valence-electron chi connectivity index (χ4n) is 3.98. The molecule has 0 amide bonds. The lowest BCUT2D eigenvalue weighted by Crippen LogP contribution is -2.14. The summed E-state index contributed by atoms with van der Waals surface area (Å²) in [5.74, 6) is 0.308. The molecule has 2 aromatic carbocycles. The van der Waals surface area contributed by atoms with E-state index in [1.165, 1.54) is 0 Å². The predicted octanol–water partition coefficient (Wildman–Crippen LogP) is 2.23. The molecule has 5 nitrogen and oxygen atoms in total. The number of aliphatic hydroxyl groups excluding tert-OH is 2. The van der Waals surface area contributed by atoms with Crippen molar-refractivity contribution in [2.24, 2.45) is 0 Å². The summed E-state index contributed by atoms with van der Waals surface area (Å²) in [6.45, 7) is 4.71. The smallest absolute Gasteiger partial charge is 0.122 e. The summed E-state index contributed by atoms with van der Waals surface area (Å²) in [5.41, 5.74) is 5.05. The van der Waals surface area contributed by atoms with Crippen LogP contribution in [0.15, 0.2) is 24.3 Å². The van der Waals surface area contributed by atoms with Crippen molar-refractivity contribution in [3.8, 4) is 11.5 Å². The first-order valence-electron chi connectivity index (χ1n) is 9.44. The van der Waals surface area contributed by atoms with Crippen molar-refractivity contribution in [3.63, 3.8) is 0 Å². The Hall–Kier alpha value is -2.08. The highest BCUT2D eigenvalue weighted by atomic mass is 16.3. The SMILES string of the molecule is Cc1cc(CCO)cc(C(c2cc(CCO)cc(C)c2O)C2CN2C)c1O. The Labute approximate surface area is 160 Å². The van der Waals surface area contributed by atoms with E-state index in [0.29, 0.717) is 12.8 Å². The van der Waals surface area contributed by atoms with E-state index in [4.69, 9.17) is 0 Å². The fourth-order valence-corrected chi connectivity index (χ4v) is 3.98. The van der Waals surface area contributed by atoms with Crippen LogP contribution in [0.3, 0.4) is 0 Å². The highest BCUT2D eigenvalue weighted by Crippen LogP contribution is 2.46. The largest absolute Gasteiger partial charge is 0.507 e. The van der Waals surface area contributed by atoms with Gasteiger partial charge in [0.2, 0.25) is 0 Å². The molecule has 2 atom stereocenters. The second-order valence-corrected chi connectivity index (χ2v) is 7.63. The molecule has 1 fully saturated rings. The van der Waals surface area contributed by atoms with Crippen LogP contribution in [0.1, 0.15) is 39.3 Å². The zero-order chi connectivity index (χ0) is 19.7. The molecule has 27 heavy (non-hydrogen) atoms. The Balaban J connectivity index is 2.17. The van der Waals surface area contributed by atoms with Gasteiger partial charge in [0.05, 0.1) is 0 Å². The van der Waals surface area contributed by atoms with Crippen molar-refractivity contribution >= 4 is 0 Å². The van der Waals surface area contributed by atoms with Crippen molar-refractivity contribution in [2.45, 2.75) is 38.6 Å². The third kappa shape index (κ3) is 3.95. The van der Waals surface area contributed by atoms with E-state index in [9.17, 15) is 20.4 Å². The molecule has 1 saturated heterocycles. The zero-order valence-electron chi connectivity index (χ0n) is 16.2. The summed E-state index contributed by atoms with van der Waals surface area (Å²) >= 11 is 0. The number of aromatic hydroxyl groups is 2. The quantitative estimate of drug-likeness (QED) is 0.561. The Morgan fingerprint density at radius 3 is 1.63 bits per heavy atom. The van der Waals surface area contributed by atoms with Crippen LogP contribution < -0.4 is 0 Å². The molecule has 0 saturated carbocycles. The Kier molecular flexibility index (Phi) is 5.75. The normalized spacial score (nSPS) is 18.9. The van der Waals surface area contributed by atoms with Gasteiger partial charge in [-0.2, -0.15) is 0 Å². The number of hydrogen-bond donors (Lipinski definition) is 4. The number of benzene rings is 2. The number of likely N-dealkylation sites (N-methyl/N-ethyl adjacent to an activating group) is 1. The number of aliphatic hydroxyl groups is 2. The molecule has 0 aliphatic carbocycles. The predicted molar refractivity (Wildman–Crippen MR) is 106 cm³/mol. The minimum absolute atomic E-state index is 0.0496. The molecule has 3 rings (SSSR count). The second kappa shape index (κ2) is 7.89. The standard InChI is InChI=1S/C22H29NO4/c1-13-8-15(4-6-24)10-17(21(13)26)20(19-12-23(19)3)18-11-16(5-7-25)9-14(2)22(18)27/h8-11,19-20,24-27H,4-7,12H2,1-3H3. The van der Waals surface area contributed by atoms with Crippen LogP contribution in [-0.2, 0) is 12.8 Å². The van der Waals surface area contributed by atoms with E-state index in [0.717, 1.165) is 39.9 Å². The fraction of sp³-hybridized carbons (Fsp3) is 0.455. The molecule has 0 bridgehead atoms. The first-order valence-corrected chi connectivity index (χ1v) is 9.44. The van der Waals surface area contributed by atoms with Crippen molar-refractivity contribution in [1.29, 1.82) is 0 Å². The molecule has 4 N–H and O–H groups in total. The van der Waals surface area contributed by atoms with Gasteiger partial charge in [-0.15, -0.1) is 0 Å². The average molecular weight is 371 g/mol. The third-order valence-corrected chi connectivity index (χ3v) is 5.54. The molecule has 0 spiro atoms. The molecule has 1 heterocycles. The van der Waals surface area contributed by atoms with Crippen molar-refractivity contribution in [2.75, 3.05) is 26.8 Å². The van der Waals surface area contributed by atoms with Gasteiger partial charge in [0, 0.05) is 42.8 Å². The summed E-state index contributed by atoms with van der Waals surface area (Å²) in [6.07, 6.45) is 1.05. The van der Waals surface area contributed by atoms with Gasteiger partial charge in [0.15, 0.2) is 0 Å². The summed E-state index contributed by atoms with van der Waals surface area (Å²) in [4.78, 5) is 2.19. The molecule has 5 heteroatoms. The lowest BCUT2D eigenvalue weighted by Gasteiger charge is -2.23. The number of aryl methyl sites for hydroxylation is 2. The van der Waals surface area contributed by atoms with E-state index < -0.39 is 0 Å². The van der Waals surface area contributed by atoms with Gasteiger partial charge in [0.1, 0.15) is 11.5 Å². The third-order valence-electron chi connectivity index (χ3n) is 5.54. The molecular weight excluding hydrogens is 342 g/mol. The van der Waals surface area contributed by atoms with Crippen LogP contribution in [0.4, 0.5) is 0 Å². The number of hydrogen-bond acceptors (Lipinski definition) is 5. The molecule has 146 valence electrons. The summed E-state index contributed by atoms with van der Waals surface area (Å²) < 4.78 is 0. The first kappa shape index (κ1) is 19.7. The second-order valence-electron chi connectivity index (χ2n) is 7.63. The molecule has 0 aromatic heterocycles. The minimum Gasteiger partial charge on any atom is -0.507 e. The van der Waals surface area contributed by atoms with Crippen LogP contribution in [0, 0.1) is 13.8 Å². The maximum absolute atomic E-state index is 10.8. The van der Waals surface area contributed by atoms with Gasteiger partial charge in [-0.1, -0.05) is 24.3 Å². The van der Waals surface area contributed by atoms with E-state index >= 15 is 0 Å². The minimum atomic E-state index is -0.176. The molecule has 0 radical (unpaired) electrons. The Bertz CT molecular complexity index is 772. The number of phenols is 2. The lowest BCUT2D eigenvalue weighted by atomic mass is 9.83. The average Bonchev–Trinajstić information content (AvgIpc) is 3.33. The van der Waals surface area contributed by atoms with Crippen LogP contribution in [0.25, 0.3) is 0 Å². The highest BCUT2D eigenvalue weighted by Gasteiger charge is 2.42. The Morgan fingerprint density at radius 2 is 1.30 bits per heavy atom. The van der Waals surface area contributed by atoms with Gasteiger partial charge in [-0.05, 0) is 56.0 Å². The van der Waals surface area contributed by atoms with Crippen molar-refractivity contribution < 1.29 is 20.4 Å². The zero-order valence-corrected chi connectivity index (χ0v) is 16.2. The number of nitrogens with zero attached hydrogens (tertiary/aromatic N) is 1. The van der Waals surface area contributed by atoms with E-state index in [-0.39, 0.29) is 36.7 Å². The maximum atomic E-state index is 10.8. The van der Waals surface area contributed by atoms with Crippen LogP contribution in [-0.4, -0.2) is 58.2 Å². The Morgan fingerprint density at radius 1 is 0.889 bits per heavy atom. The van der Waals surface area contributed by atoms with E-state index in [2.05, 4.69) is 4.90 Å². The van der Waals surface area contributed by atoms with Gasteiger partial charge in [0.25, 0.3) is 0 Å². The van der Waals surface area contributed by atoms with E-state index in [1.54, 1.807) is 0 Å². The molecule has 1 aliphatic rings. The van der Waals surface area contributed by atoms with E-state index in [1.807, 2.05) is 45.2 Å². The molecule has 2 aromatic rings. The van der Waals surface area contributed by atoms with Crippen LogP contribution >= 0.6 is 0 Å². The molecule has 2 unspecified atom stereocenters. The van der Waals surface area contributed by atoms with Gasteiger partial charge in [-0.3, -0.25) is 4.90 Å². The molecular formula is C22H29NO4. The highest BCUT2D eigenvalue weighted by molar-refractivity contribution is 5.55. The van der Waals surface area contributed by atoms with Gasteiger partial charge >= 0.3 is 0 Å². The maximum Gasteiger partial charge on any atom is 0.122 e. The summed E-state index contributed by atoms with van der Waals surface area (Å²) in [5, 5.41) is 40.3. The van der Waals surface area contributed by atoms with Gasteiger partial charge < -0.3 is 20.4 Å². The van der Waals surface area contributed by atoms with Crippen LogP contribution in [0.2, 0.25) is 0 Å². The topological polar surface area (TPSA) is 83.9 Å². The van der Waals surface area contributed by atoms with Crippen molar-refractivity contribution in [1.82, 2.24) is 4.90 Å². The monoisotopic (exact) mass is 371 g/mol. The number of rotatable bonds is 7. The lowest BCUT2D eigenvalue weighted by molar-refractivity contribution is 0.299. The van der Waals surface area contributed by atoms with Crippen molar-refractivity contribution in [3.05, 3.63) is 57.6 Å².